The summed E-state index contributed by atoms with van der Waals surface area (Å²) in [4.78, 5) is 0. The van der Waals surface area contributed by atoms with Crippen LogP contribution in [0.4, 0.5) is 0 Å². The Labute approximate surface area is 112 Å². The predicted octanol–water partition coefficient (Wildman–Crippen LogP) is 2.11. The van der Waals surface area contributed by atoms with Gasteiger partial charge in [0.1, 0.15) is 11.4 Å². The summed E-state index contributed by atoms with van der Waals surface area (Å²) < 4.78 is 0. The van der Waals surface area contributed by atoms with Crippen molar-refractivity contribution < 1.29 is 15.6 Å². The van der Waals surface area contributed by atoms with Gasteiger partial charge in [-0.3, -0.25) is 5.21 Å². The van der Waals surface area contributed by atoms with E-state index in [1.807, 2.05) is 0 Å². The fourth-order valence-corrected chi connectivity index (χ4v) is 2.61. The maximum Gasteiger partial charge on any atom is 0.136 e. The van der Waals surface area contributed by atoms with Crippen LogP contribution in [0, 0.1) is 0 Å². The largest absolute Gasteiger partial charge is 0.410 e. The molecule has 1 heterocycles. The molecule has 0 spiro atoms. The molecule has 0 aromatic heterocycles. The van der Waals surface area contributed by atoms with Gasteiger partial charge in [0.2, 0.25) is 0 Å². The van der Waals surface area contributed by atoms with Crippen LogP contribution < -0.4 is 0 Å². The van der Waals surface area contributed by atoms with E-state index in [1.165, 1.54) is 0 Å². The van der Waals surface area contributed by atoms with Crippen molar-refractivity contribution in [3.8, 4) is 0 Å². The highest BCUT2D eigenvalue weighted by Gasteiger charge is 2.54. The summed E-state index contributed by atoms with van der Waals surface area (Å²) in [5, 5.41) is 35.0. The lowest BCUT2D eigenvalue weighted by molar-refractivity contribution is -0.255. The molecule has 0 radical (unpaired) electrons. The van der Waals surface area contributed by atoms with Crippen LogP contribution in [-0.2, 0) is 0 Å². The average molecular weight is 265 g/mol. The Hall–Kier alpha value is -1.63. The molecule has 0 saturated carbocycles. The molecule has 2 aliphatic rings. The van der Waals surface area contributed by atoms with Crippen LogP contribution in [0.5, 0.6) is 0 Å². The van der Waals surface area contributed by atoms with Gasteiger partial charge in [-0.1, -0.05) is 23.4 Å². The molecule has 1 aliphatic carbocycles. The fourth-order valence-electron chi connectivity index (χ4n) is 2.61. The van der Waals surface area contributed by atoms with Crippen molar-refractivity contribution in [1.29, 1.82) is 0 Å². The molecular formula is C13H19N3O3. The smallest absolute Gasteiger partial charge is 0.136 e. The highest BCUT2D eigenvalue weighted by Crippen LogP contribution is 2.44. The molecule has 2 rings (SSSR count). The lowest BCUT2D eigenvalue weighted by atomic mass is 9.93. The SMILES string of the molecule is CC1(C)/C(=C2\C=CC=C\C2=N/O)N(O)C(C)(C)N1O. The third-order valence-corrected chi connectivity index (χ3v) is 3.62. The van der Waals surface area contributed by atoms with Crippen molar-refractivity contribution in [2.75, 3.05) is 0 Å². The number of hydrogen-bond donors (Lipinski definition) is 3. The topological polar surface area (TPSA) is 79.5 Å². The first-order chi connectivity index (χ1) is 8.74. The van der Waals surface area contributed by atoms with Gasteiger partial charge >= 0.3 is 0 Å². The molecule has 0 atom stereocenters. The highest BCUT2D eigenvalue weighted by atomic mass is 16.6. The second-order valence-corrected chi connectivity index (χ2v) is 5.64. The second kappa shape index (κ2) is 4.19. The van der Waals surface area contributed by atoms with E-state index in [2.05, 4.69) is 5.16 Å². The molecule has 0 bridgehead atoms. The average Bonchev–Trinajstić information content (AvgIpc) is 2.48. The standard InChI is InChI=1S/C13H19N3O3/c1-12(2)11(15(18)13(3,4)16(12)19)9-7-5-6-8-10(9)14-17/h5-8,17-19H,1-4H3/b11-9-,14-10+. The molecule has 0 unspecified atom stereocenters. The normalized spacial score (nSPS) is 31.5. The first-order valence-corrected chi connectivity index (χ1v) is 6.05. The van der Waals surface area contributed by atoms with E-state index >= 15 is 0 Å². The van der Waals surface area contributed by atoms with E-state index < -0.39 is 11.2 Å². The predicted molar refractivity (Wildman–Crippen MR) is 69.9 cm³/mol. The van der Waals surface area contributed by atoms with Crippen LogP contribution in [0.2, 0.25) is 0 Å². The molecule has 3 N–H and O–H groups in total. The minimum absolute atomic E-state index is 0.343. The van der Waals surface area contributed by atoms with E-state index in [4.69, 9.17) is 5.21 Å². The van der Waals surface area contributed by atoms with E-state index in [0.29, 0.717) is 17.0 Å². The number of oxime groups is 1. The van der Waals surface area contributed by atoms with Gasteiger partial charge in [-0.05, 0) is 33.8 Å². The summed E-state index contributed by atoms with van der Waals surface area (Å²) in [6.45, 7) is 6.96. The molecule has 19 heavy (non-hydrogen) atoms. The van der Waals surface area contributed by atoms with Gasteiger partial charge in [0.15, 0.2) is 0 Å². The van der Waals surface area contributed by atoms with Crippen molar-refractivity contribution >= 4 is 5.71 Å². The summed E-state index contributed by atoms with van der Waals surface area (Å²) in [7, 11) is 0. The van der Waals surface area contributed by atoms with Crippen LogP contribution in [0.3, 0.4) is 0 Å². The summed E-state index contributed by atoms with van der Waals surface area (Å²) in [5.41, 5.74) is -0.397. The Balaban J connectivity index is 2.67. The number of nitrogens with zero attached hydrogens (tertiary/aromatic N) is 3. The molecule has 0 amide bonds. The fraction of sp³-hybridized carbons (Fsp3) is 0.462. The third-order valence-electron chi connectivity index (χ3n) is 3.62. The molecule has 6 nitrogen and oxygen atoms in total. The van der Waals surface area contributed by atoms with E-state index in [0.717, 1.165) is 10.1 Å². The van der Waals surface area contributed by atoms with Crippen LogP contribution in [0.25, 0.3) is 0 Å². The van der Waals surface area contributed by atoms with Gasteiger partial charge < -0.3 is 10.4 Å². The van der Waals surface area contributed by atoms with Crippen LogP contribution >= 0.6 is 0 Å². The molecule has 1 saturated heterocycles. The zero-order valence-corrected chi connectivity index (χ0v) is 11.5. The Bertz CT molecular complexity index is 515. The third kappa shape index (κ3) is 1.80. The van der Waals surface area contributed by atoms with Gasteiger partial charge in [-0.2, -0.15) is 5.06 Å². The van der Waals surface area contributed by atoms with Gasteiger partial charge in [0, 0.05) is 5.57 Å². The van der Waals surface area contributed by atoms with Gasteiger partial charge in [-0.25, -0.2) is 5.06 Å². The molecule has 6 heteroatoms. The van der Waals surface area contributed by atoms with Gasteiger partial charge in [0.25, 0.3) is 0 Å². The van der Waals surface area contributed by atoms with Crippen molar-refractivity contribution in [2.24, 2.45) is 5.16 Å². The molecular weight excluding hydrogens is 246 g/mol. The van der Waals surface area contributed by atoms with Crippen molar-refractivity contribution in [3.05, 3.63) is 35.6 Å². The summed E-state index contributed by atoms with van der Waals surface area (Å²) >= 11 is 0. The van der Waals surface area contributed by atoms with Gasteiger partial charge in [0.05, 0.1) is 11.2 Å². The summed E-state index contributed by atoms with van der Waals surface area (Å²) in [6, 6.07) is 0. The Morgan fingerprint density at radius 1 is 1.05 bits per heavy atom. The van der Waals surface area contributed by atoms with Crippen LogP contribution in [0.1, 0.15) is 27.7 Å². The van der Waals surface area contributed by atoms with Crippen LogP contribution in [0.15, 0.2) is 40.7 Å². The van der Waals surface area contributed by atoms with Gasteiger partial charge in [-0.15, -0.1) is 0 Å². The molecule has 1 fully saturated rings. The lowest BCUT2D eigenvalue weighted by Crippen LogP contribution is -2.49. The van der Waals surface area contributed by atoms with E-state index in [9.17, 15) is 10.4 Å². The maximum absolute atomic E-state index is 10.4. The molecule has 0 aromatic rings. The monoisotopic (exact) mass is 265 g/mol. The van der Waals surface area contributed by atoms with Crippen LogP contribution in [-0.4, -0.2) is 42.7 Å². The molecule has 0 aromatic carbocycles. The first kappa shape index (κ1) is 13.8. The number of hydroxylamine groups is 4. The number of hydrogen-bond acceptors (Lipinski definition) is 6. The summed E-state index contributed by atoms with van der Waals surface area (Å²) in [5.74, 6) is 0. The minimum Gasteiger partial charge on any atom is -0.410 e. The lowest BCUT2D eigenvalue weighted by Gasteiger charge is -2.33. The number of allylic oxidation sites excluding steroid dienone is 5. The zero-order chi connectivity index (χ0) is 14.4. The highest BCUT2D eigenvalue weighted by molar-refractivity contribution is 6.11. The first-order valence-electron chi connectivity index (χ1n) is 6.05. The zero-order valence-electron chi connectivity index (χ0n) is 11.5. The Morgan fingerprint density at radius 3 is 2.11 bits per heavy atom. The number of rotatable bonds is 0. The summed E-state index contributed by atoms with van der Waals surface area (Å²) in [6.07, 6.45) is 6.91. The van der Waals surface area contributed by atoms with Crippen molar-refractivity contribution in [3.63, 3.8) is 0 Å². The maximum atomic E-state index is 10.4. The quantitative estimate of drug-likeness (QED) is 0.462. The Morgan fingerprint density at radius 2 is 1.63 bits per heavy atom. The Kier molecular flexibility index (Phi) is 3.04. The molecule has 1 aliphatic heterocycles. The second-order valence-electron chi connectivity index (χ2n) is 5.64. The van der Waals surface area contributed by atoms with E-state index in [-0.39, 0.29) is 0 Å². The van der Waals surface area contributed by atoms with Crippen molar-refractivity contribution in [2.45, 2.75) is 38.9 Å². The minimum atomic E-state index is -0.971. The molecule has 104 valence electrons. The van der Waals surface area contributed by atoms with Crippen molar-refractivity contribution in [1.82, 2.24) is 10.1 Å². The van der Waals surface area contributed by atoms with E-state index in [1.54, 1.807) is 52.0 Å².